The second-order valence-corrected chi connectivity index (χ2v) is 14.1. The van der Waals surface area contributed by atoms with Crippen molar-refractivity contribution in [2.24, 2.45) is 63.9 Å². The Morgan fingerprint density at radius 1 is 0.781 bits per heavy atom. The van der Waals surface area contributed by atoms with Crippen LogP contribution in [0.5, 0.6) is 0 Å². The van der Waals surface area contributed by atoms with Crippen LogP contribution in [0.1, 0.15) is 131 Å². The van der Waals surface area contributed by atoms with Crippen LogP contribution in [0.15, 0.2) is 0 Å². The van der Waals surface area contributed by atoms with Crippen molar-refractivity contribution in [3.05, 3.63) is 0 Å². The Kier molecular flexibility index (Phi) is 8.06. The molecule has 1 nitrogen and oxygen atoms in total. The zero-order chi connectivity index (χ0) is 22.9. The number of fused-ring (bicyclic) bond motifs is 5. The maximum absolute atomic E-state index is 5.76. The van der Waals surface area contributed by atoms with Gasteiger partial charge in [-0.05, 0) is 129 Å². The fourth-order valence-corrected chi connectivity index (χ4v) is 10.2. The van der Waals surface area contributed by atoms with Gasteiger partial charge < -0.3 is 5.73 Å². The molecule has 0 spiro atoms. The lowest BCUT2D eigenvalue weighted by molar-refractivity contribution is -0.121. The summed E-state index contributed by atoms with van der Waals surface area (Å²) in [6.45, 7) is 13.8. The van der Waals surface area contributed by atoms with Crippen molar-refractivity contribution in [2.75, 3.05) is 6.54 Å². The summed E-state index contributed by atoms with van der Waals surface area (Å²) in [7, 11) is 0. The lowest BCUT2D eigenvalue weighted by Gasteiger charge is -2.61. The average molecular weight is 444 g/mol. The number of hydrogen-bond donors (Lipinski definition) is 1. The first-order valence-corrected chi connectivity index (χ1v) is 15.0. The van der Waals surface area contributed by atoms with E-state index in [9.17, 15) is 0 Å². The molecular weight excluding hydrogens is 386 g/mol. The van der Waals surface area contributed by atoms with E-state index in [4.69, 9.17) is 5.73 Å². The van der Waals surface area contributed by atoms with Crippen molar-refractivity contribution < 1.29 is 0 Å². The highest BCUT2D eigenvalue weighted by molar-refractivity contribution is 5.09. The van der Waals surface area contributed by atoms with Crippen LogP contribution in [-0.2, 0) is 0 Å². The van der Waals surface area contributed by atoms with Gasteiger partial charge in [-0.15, -0.1) is 0 Å². The van der Waals surface area contributed by atoms with Gasteiger partial charge in [0.25, 0.3) is 0 Å². The molecular formula is C31H57N. The number of hydrogen-bond acceptors (Lipinski definition) is 1. The van der Waals surface area contributed by atoms with Gasteiger partial charge in [-0.2, -0.15) is 0 Å². The summed E-state index contributed by atoms with van der Waals surface area (Å²) >= 11 is 0. The van der Waals surface area contributed by atoms with Gasteiger partial charge in [-0.1, -0.05) is 66.7 Å². The third-order valence-corrected chi connectivity index (χ3v) is 12.0. The first kappa shape index (κ1) is 25.1. The van der Waals surface area contributed by atoms with E-state index < -0.39 is 0 Å². The van der Waals surface area contributed by atoms with Crippen molar-refractivity contribution >= 4 is 0 Å². The Morgan fingerprint density at radius 2 is 1.53 bits per heavy atom. The fourth-order valence-electron chi connectivity index (χ4n) is 10.2. The Morgan fingerprint density at radius 3 is 2.28 bits per heavy atom. The van der Waals surface area contributed by atoms with Gasteiger partial charge in [-0.25, -0.2) is 0 Å². The first-order valence-electron chi connectivity index (χ1n) is 15.0. The Hall–Kier alpha value is -0.0400. The summed E-state index contributed by atoms with van der Waals surface area (Å²) in [5, 5.41) is 0. The van der Waals surface area contributed by atoms with Gasteiger partial charge in [0.05, 0.1) is 0 Å². The van der Waals surface area contributed by atoms with Crippen LogP contribution in [0.4, 0.5) is 0 Å². The molecule has 0 amide bonds. The highest BCUT2D eigenvalue weighted by Gasteiger charge is 2.60. The summed E-state index contributed by atoms with van der Waals surface area (Å²) in [5.74, 6) is 7.98. The van der Waals surface area contributed by atoms with Crippen molar-refractivity contribution in [1.82, 2.24) is 0 Å². The van der Waals surface area contributed by atoms with Crippen molar-refractivity contribution in [3.8, 4) is 0 Å². The van der Waals surface area contributed by atoms with E-state index in [0.717, 1.165) is 53.9 Å². The summed E-state index contributed by atoms with van der Waals surface area (Å²) in [6, 6.07) is 0. The van der Waals surface area contributed by atoms with Crippen LogP contribution in [-0.4, -0.2) is 6.54 Å². The molecule has 186 valence electrons. The topological polar surface area (TPSA) is 26.0 Å². The minimum atomic E-state index is 0.654. The first-order chi connectivity index (χ1) is 15.3. The molecule has 32 heavy (non-hydrogen) atoms. The van der Waals surface area contributed by atoms with E-state index in [1.807, 2.05) is 0 Å². The Bertz CT molecular complexity index is 597. The summed E-state index contributed by atoms with van der Waals surface area (Å²) in [6.07, 6.45) is 22.3. The van der Waals surface area contributed by atoms with E-state index in [-0.39, 0.29) is 0 Å². The molecule has 0 aliphatic heterocycles. The summed E-state index contributed by atoms with van der Waals surface area (Å²) in [5.41, 5.74) is 7.08. The van der Waals surface area contributed by atoms with E-state index in [1.54, 1.807) is 38.5 Å². The number of rotatable bonds is 9. The average Bonchev–Trinajstić information content (AvgIpc) is 3.11. The van der Waals surface area contributed by atoms with Gasteiger partial charge in [0.1, 0.15) is 0 Å². The van der Waals surface area contributed by atoms with Gasteiger partial charge in [0.2, 0.25) is 0 Å². The number of unbranched alkanes of at least 4 members (excludes halogenated alkanes) is 1. The molecule has 0 bridgehead atoms. The molecule has 4 fully saturated rings. The quantitative estimate of drug-likeness (QED) is 0.354. The molecule has 6 unspecified atom stereocenters. The van der Waals surface area contributed by atoms with Gasteiger partial charge >= 0.3 is 0 Å². The molecule has 0 aromatic carbocycles. The normalized spacial score (nSPS) is 44.7. The maximum atomic E-state index is 5.76. The molecule has 4 saturated carbocycles. The molecule has 4 aliphatic carbocycles. The van der Waals surface area contributed by atoms with Crippen molar-refractivity contribution in [1.29, 1.82) is 0 Å². The lowest BCUT2D eigenvalue weighted by Crippen LogP contribution is -2.53. The van der Waals surface area contributed by atoms with Crippen LogP contribution >= 0.6 is 0 Å². The minimum absolute atomic E-state index is 0.654. The van der Waals surface area contributed by atoms with E-state index >= 15 is 0 Å². The van der Waals surface area contributed by atoms with Crippen molar-refractivity contribution in [3.63, 3.8) is 0 Å². The molecule has 1 heteroatoms. The molecule has 4 aliphatic rings. The smallest absolute Gasteiger partial charge is 0.00773 e. The fraction of sp³-hybridized carbons (Fsp3) is 1.00. The van der Waals surface area contributed by atoms with Crippen LogP contribution in [0, 0.1) is 58.2 Å². The predicted octanol–water partition coefficient (Wildman–Crippen LogP) is 8.85. The van der Waals surface area contributed by atoms with Crippen LogP contribution in [0.25, 0.3) is 0 Å². The molecule has 0 radical (unpaired) electrons. The SMILES string of the molecule is CC(C)CCC[C@@H](C)C1CCC2[C@@H]3CCC4CC(CCCCN)CCC4(C)C3CC[C@@]21C. The molecule has 4 rings (SSSR count). The van der Waals surface area contributed by atoms with Crippen molar-refractivity contribution in [2.45, 2.75) is 131 Å². The molecule has 0 saturated heterocycles. The highest BCUT2D eigenvalue weighted by Crippen LogP contribution is 2.68. The maximum Gasteiger partial charge on any atom is -0.00773 e. The summed E-state index contributed by atoms with van der Waals surface area (Å²) in [4.78, 5) is 0. The van der Waals surface area contributed by atoms with Crippen LogP contribution in [0.3, 0.4) is 0 Å². The minimum Gasteiger partial charge on any atom is -0.330 e. The van der Waals surface area contributed by atoms with Gasteiger partial charge in [0.15, 0.2) is 0 Å². The molecule has 0 heterocycles. The van der Waals surface area contributed by atoms with Crippen LogP contribution in [0.2, 0.25) is 0 Å². The third kappa shape index (κ3) is 4.72. The lowest BCUT2D eigenvalue weighted by atomic mass is 9.44. The molecule has 2 N–H and O–H groups in total. The van der Waals surface area contributed by atoms with Gasteiger partial charge in [-0.3, -0.25) is 0 Å². The highest BCUT2D eigenvalue weighted by atomic mass is 14.6. The zero-order valence-corrected chi connectivity index (χ0v) is 22.5. The zero-order valence-electron chi connectivity index (χ0n) is 22.5. The predicted molar refractivity (Wildman–Crippen MR) is 139 cm³/mol. The van der Waals surface area contributed by atoms with Crippen LogP contribution < -0.4 is 5.73 Å². The monoisotopic (exact) mass is 443 g/mol. The van der Waals surface area contributed by atoms with E-state index in [2.05, 4.69) is 34.6 Å². The standard InChI is InChI=1S/C31H57N/c1-22(2)9-8-10-23(3)27-14-15-28-26-13-12-25-21-24(11-6-7-20-32)16-18-30(25,4)29(26)17-19-31(27,28)5/h22-29H,6-21,32H2,1-5H3/t23-,24?,25?,26+,27?,28?,29?,30?,31-/m1/s1. The number of nitrogens with two attached hydrogens (primary N) is 1. The van der Waals surface area contributed by atoms with Gasteiger partial charge in [0, 0.05) is 0 Å². The van der Waals surface area contributed by atoms with E-state index in [1.165, 1.54) is 57.8 Å². The Balaban J connectivity index is 1.39. The molecule has 0 aromatic rings. The summed E-state index contributed by atoms with van der Waals surface area (Å²) < 4.78 is 0. The largest absolute Gasteiger partial charge is 0.330 e. The second kappa shape index (κ2) is 10.3. The third-order valence-electron chi connectivity index (χ3n) is 12.0. The van der Waals surface area contributed by atoms with E-state index in [0.29, 0.717) is 10.8 Å². The second-order valence-electron chi connectivity index (χ2n) is 14.1. The Labute approximate surface area is 201 Å². The molecule has 9 atom stereocenters. The molecule has 0 aromatic heterocycles.